The lowest BCUT2D eigenvalue weighted by atomic mass is 10.1. The number of hydrogen-bond acceptors (Lipinski definition) is 2. The standard InChI is InChI=1S/C13H18N2O/c1-10(14)7-11-3-4-12-5-6-15(9-16-2)13(12)8-11/h3-6,8,10H,7,9,14H2,1-2H3. The van der Waals surface area contributed by atoms with Crippen LogP contribution < -0.4 is 5.73 Å². The van der Waals surface area contributed by atoms with Gasteiger partial charge in [0.25, 0.3) is 0 Å². The van der Waals surface area contributed by atoms with Crippen LogP contribution in [0.25, 0.3) is 10.9 Å². The lowest BCUT2D eigenvalue weighted by Gasteiger charge is -2.07. The van der Waals surface area contributed by atoms with Gasteiger partial charge in [-0.05, 0) is 36.4 Å². The highest BCUT2D eigenvalue weighted by Gasteiger charge is 2.03. The fourth-order valence-corrected chi connectivity index (χ4v) is 1.98. The molecule has 0 aliphatic heterocycles. The molecule has 0 aliphatic rings. The Kier molecular flexibility index (Phi) is 3.27. The Hall–Kier alpha value is -1.32. The number of hydrogen-bond donors (Lipinski definition) is 1. The highest BCUT2D eigenvalue weighted by atomic mass is 16.5. The second kappa shape index (κ2) is 4.68. The largest absolute Gasteiger partial charge is 0.364 e. The summed E-state index contributed by atoms with van der Waals surface area (Å²) in [4.78, 5) is 0. The minimum atomic E-state index is 0.197. The molecule has 0 spiro atoms. The van der Waals surface area contributed by atoms with Gasteiger partial charge in [0.1, 0.15) is 6.73 Å². The van der Waals surface area contributed by atoms with Crippen LogP contribution in [0.3, 0.4) is 0 Å². The zero-order valence-corrected chi connectivity index (χ0v) is 9.81. The molecule has 0 radical (unpaired) electrons. The molecule has 1 aromatic heterocycles. The predicted molar refractivity (Wildman–Crippen MR) is 66.3 cm³/mol. The van der Waals surface area contributed by atoms with Crippen LogP contribution in [-0.4, -0.2) is 17.7 Å². The number of nitrogens with zero attached hydrogens (tertiary/aromatic N) is 1. The second-order valence-corrected chi connectivity index (χ2v) is 4.28. The van der Waals surface area contributed by atoms with Crippen molar-refractivity contribution in [2.45, 2.75) is 26.1 Å². The van der Waals surface area contributed by atoms with Crippen LogP contribution >= 0.6 is 0 Å². The van der Waals surface area contributed by atoms with E-state index in [1.54, 1.807) is 7.11 Å². The number of aromatic nitrogens is 1. The van der Waals surface area contributed by atoms with Crippen molar-refractivity contribution in [3.05, 3.63) is 36.0 Å². The van der Waals surface area contributed by atoms with Crippen molar-refractivity contribution in [1.29, 1.82) is 0 Å². The number of ether oxygens (including phenoxy) is 1. The molecule has 0 aliphatic carbocycles. The molecule has 86 valence electrons. The van der Waals surface area contributed by atoms with E-state index in [0.717, 1.165) is 6.42 Å². The fraction of sp³-hybridized carbons (Fsp3) is 0.385. The predicted octanol–water partition coefficient (Wildman–Crippen LogP) is 2.13. The van der Waals surface area contributed by atoms with Gasteiger partial charge >= 0.3 is 0 Å². The minimum absolute atomic E-state index is 0.197. The van der Waals surface area contributed by atoms with Gasteiger partial charge in [-0.3, -0.25) is 0 Å². The Morgan fingerprint density at radius 1 is 1.38 bits per heavy atom. The number of nitrogens with two attached hydrogens (primary N) is 1. The summed E-state index contributed by atoms with van der Waals surface area (Å²) in [5.41, 5.74) is 8.29. The quantitative estimate of drug-likeness (QED) is 0.854. The summed E-state index contributed by atoms with van der Waals surface area (Å²) >= 11 is 0. The monoisotopic (exact) mass is 218 g/mol. The van der Waals surface area contributed by atoms with E-state index >= 15 is 0 Å². The molecule has 16 heavy (non-hydrogen) atoms. The maximum absolute atomic E-state index is 5.81. The minimum Gasteiger partial charge on any atom is -0.364 e. The Morgan fingerprint density at radius 2 is 2.19 bits per heavy atom. The van der Waals surface area contributed by atoms with Crippen LogP contribution in [0.1, 0.15) is 12.5 Å². The lowest BCUT2D eigenvalue weighted by molar-refractivity contribution is 0.135. The van der Waals surface area contributed by atoms with Crippen LogP contribution in [0.2, 0.25) is 0 Å². The first-order valence-corrected chi connectivity index (χ1v) is 5.53. The number of rotatable bonds is 4. The molecule has 3 nitrogen and oxygen atoms in total. The molecule has 3 heteroatoms. The topological polar surface area (TPSA) is 40.2 Å². The van der Waals surface area contributed by atoms with E-state index in [2.05, 4.69) is 28.8 Å². The van der Waals surface area contributed by atoms with Crippen molar-refractivity contribution in [3.63, 3.8) is 0 Å². The van der Waals surface area contributed by atoms with E-state index in [-0.39, 0.29) is 6.04 Å². The van der Waals surface area contributed by atoms with E-state index in [4.69, 9.17) is 10.5 Å². The molecule has 2 rings (SSSR count). The van der Waals surface area contributed by atoms with Gasteiger partial charge in [-0.1, -0.05) is 12.1 Å². The summed E-state index contributed by atoms with van der Waals surface area (Å²) in [6, 6.07) is 8.77. The van der Waals surface area contributed by atoms with Gasteiger partial charge in [-0.2, -0.15) is 0 Å². The molecular weight excluding hydrogens is 200 g/mol. The van der Waals surface area contributed by atoms with Gasteiger partial charge in [-0.15, -0.1) is 0 Å². The number of benzene rings is 1. The Balaban J connectivity index is 2.37. The van der Waals surface area contributed by atoms with Gasteiger partial charge < -0.3 is 15.0 Å². The van der Waals surface area contributed by atoms with Crippen molar-refractivity contribution >= 4 is 10.9 Å². The van der Waals surface area contributed by atoms with Crippen LogP contribution in [0.5, 0.6) is 0 Å². The molecule has 1 atom stereocenters. The molecule has 2 N–H and O–H groups in total. The molecule has 0 fully saturated rings. The number of fused-ring (bicyclic) bond motifs is 1. The lowest BCUT2D eigenvalue weighted by Crippen LogP contribution is -2.17. The van der Waals surface area contributed by atoms with Crippen LogP contribution in [-0.2, 0) is 17.9 Å². The summed E-state index contributed by atoms with van der Waals surface area (Å²) < 4.78 is 7.25. The van der Waals surface area contributed by atoms with Crippen LogP contribution in [0.4, 0.5) is 0 Å². The van der Waals surface area contributed by atoms with E-state index in [1.807, 2.05) is 13.1 Å². The van der Waals surface area contributed by atoms with Gasteiger partial charge in [-0.25, -0.2) is 0 Å². The Morgan fingerprint density at radius 3 is 2.88 bits per heavy atom. The van der Waals surface area contributed by atoms with Crippen LogP contribution in [0.15, 0.2) is 30.5 Å². The third-order valence-electron chi connectivity index (χ3n) is 2.66. The van der Waals surface area contributed by atoms with Crippen molar-refractivity contribution in [1.82, 2.24) is 4.57 Å². The first kappa shape index (κ1) is 11.2. The van der Waals surface area contributed by atoms with E-state index in [9.17, 15) is 0 Å². The smallest absolute Gasteiger partial charge is 0.122 e. The summed E-state index contributed by atoms with van der Waals surface area (Å²) in [6.45, 7) is 2.61. The maximum atomic E-state index is 5.81. The van der Waals surface area contributed by atoms with Gasteiger partial charge in [0, 0.05) is 19.3 Å². The summed E-state index contributed by atoms with van der Waals surface area (Å²) in [6.07, 6.45) is 2.96. The molecule has 1 aromatic carbocycles. The second-order valence-electron chi connectivity index (χ2n) is 4.28. The molecule has 2 aromatic rings. The van der Waals surface area contributed by atoms with Gasteiger partial charge in [0.15, 0.2) is 0 Å². The SMILES string of the molecule is COCn1ccc2ccc(CC(C)N)cc21. The highest BCUT2D eigenvalue weighted by molar-refractivity contribution is 5.80. The molecule has 1 unspecified atom stereocenters. The van der Waals surface area contributed by atoms with Gasteiger partial charge in [0.2, 0.25) is 0 Å². The average molecular weight is 218 g/mol. The van der Waals surface area contributed by atoms with E-state index < -0.39 is 0 Å². The summed E-state index contributed by atoms with van der Waals surface area (Å²) in [5, 5.41) is 1.24. The summed E-state index contributed by atoms with van der Waals surface area (Å²) in [7, 11) is 1.71. The average Bonchev–Trinajstić information content (AvgIpc) is 2.61. The zero-order chi connectivity index (χ0) is 11.5. The van der Waals surface area contributed by atoms with Crippen molar-refractivity contribution in [3.8, 4) is 0 Å². The summed E-state index contributed by atoms with van der Waals surface area (Å²) in [5.74, 6) is 0. The molecule has 0 amide bonds. The molecule has 0 saturated heterocycles. The normalized spacial score (nSPS) is 13.2. The Labute approximate surface area is 95.8 Å². The first-order valence-electron chi connectivity index (χ1n) is 5.53. The first-order chi connectivity index (χ1) is 7.70. The van der Waals surface area contributed by atoms with Gasteiger partial charge in [0.05, 0.1) is 5.52 Å². The van der Waals surface area contributed by atoms with E-state index in [0.29, 0.717) is 6.73 Å². The molecule has 0 bridgehead atoms. The third-order valence-corrected chi connectivity index (χ3v) is 2.66. The molecular formula is C13H18N2O. The third kappa shape index (κ3) is 2.26. The van der Waals surface area contributed by atoms with E-state index in [1.165, 1.54) is 16.5 Å². The maximum Gasteiger partial charge on any atom is 0.122 e. The number of methoxy groups -OCH3 is 1. The highest BCUT2D eigenvalue weighted by Crippen LogP contribution is 2.18. The van der Waals surface area contributed by atoms with Crippen LogP contribution in [0, 0.1) is 0 Å². The van der Waals surface area contributed by atoms with Crippen molar-refractivity contribution < 1.29 is 4.74 Å². The molecule has 0 saturated carbocycles. The fourth-order valence-electron chi connectivity index (χ4n) is 1.98. The van der Waals surface area contributed by atoms with Crippen molar-refractivity contribution in [2.75, 3.05) is 7.11 Å². The van der Waals surface area contributed by atoms with Crippen molar-refractivity contribution in [2.24, 2.45) is 5.73 Å². The Bertz CT molecular complexity index is 474. The zero-order valence-electron chi connectivity index (χ0n) is 9.81. The molecule has 1 heterocycles.